The van der Waals surface area contributed by atoms with Gasteiger partial charge in [0.2, 0.25) is 0 Å². The lowest BCUT2D eigenvalue weighted by molar-refractivity contribution is 0.0937. The number of aromatic nitrogens is 5. The number of benzene rings is 1. The van der Waals surface area contributed by atoms with Crippen LogP contribution in [-0.4, -0.2) is 30.9 Å². The number of nitrogens with one attached hydrogen (secondary N) is 2. The molecule has 1 fully saturated rings. The van der Waals surface area contributed by atoms with Crippen molar-refractivity contribution in [3.8, 4) is 11.1 Å². The topological polar surface area (TPSA) is 88.5 Å². The summed E-state index contributed by atoms with van der Waals surface area (Å²) in [7, 11) is 0. The van der Waals surface area contributed by atoms with Gasteiger partial charge in [0.15, 0.2) is 5.82 Å². The summed E-state index contributed by atoms with van der Waals surface area (Å²) >= 11 is 0. The average molecular weight is 378 g/mol. The molecule has 0 spiro atoms. The van der Waals surface area contributed by atoms with Crippen LogP contribution in [0.25, 0.3) is 11.1 Å². The average Bonchev–Trinajstić information content (AvgIpc) is 3.42. The van der Waals surface area contributed by atoms with Gasteiger partial charge in [-0.15, -0.1) is 10.2 Å². The number of hydrogen-bond acceptors (Lipinski definition) is 4. The molecule has 4 rings (SSSR count). The number of carbonyl (C=O) groups excluding carboxylic acids is 1. The third-order valence-electron chi connectivity index (χ3n) is 5.60. The predicted molar refractivity (Wildman–Crippen MR) is 107 cm³/mol. The van der Waals surface area contributed by atoms with E-state index in [1.54, 1.807) is 6.33 Å². The molecule has 3 aromatic rings. The summed E-state index contributed by atoms with van der Waals surface area (Å²) < 4.78 is 2.13. The zero-order chi connectivity index (χ0) is 19.7. The normalized spacial score (nSPS) is 15.7. The Morgan fingerprint density at radius 3 is 2.79 bits per heavy atom. The first-order chi connectivity index (χ1) is 13.5. The maximum absolute atomic E-state index is 12.9. The summed E-state index contributed by atoms with van der Waals surface area (Å²) in [6, 6.07) is 7.88. The maximum Gasteiger partial charge on any atom is 0.251 e. The van der Waals surface area contributed by atoms with E-state index in [0.717, 1.165) is 41.2 Å². The van der Waals surface area contributed by atoms with E-state index in [1.807, 2.05) is 45.0 Å². The molecule has 0 aliphatic heterocycles. The Bertz CT molecular complexity index is 963. The van der Waals surface area contributed by atoms with Gasteiger partial charge in [-0.2, -0.15) is 5.10 Å². The third-order valence-corrected chi connectivity index (χ3v) is 5.60. The molecule has 146 valence electrons. The fourth-order valence-corrected chi connectivity index (χ4v) is 4.16. The van der Waals surface area contributed by atoms with Crippen LogP contribution in [0.2, 0.25) is 0 Å². The minimum absolute atomic E-state index is 0.117. The van der Waals surface area contributed by atoms with Gasteiger partial charge in [0, 0.05) is 22.9 Å². The van der Waals surface area contributed by atoms with E-state index in [2.05, 4.69) is 30.3 Å². The number of carbonyl (C=O) groups is 1. The smallest absolute Gasteiger partial charge is 0.251 e. The van der Waals surface area contributed by atoms with E-state index in [9.17, 15) is 4.79 Å². The third kappa shape index (κ3) is 3.44. The van der Waals surface area contributed by atoms with Crippen molar-refractivity contribution in [2.24, 2.45) is 0 Å². The van der Waals surface area contributed by atoms with Crippen LogP contribution in [0.3, 0.4) is 0 Å². The molecule has 1 atom stereocenters. The minimum atomic E-state index is -0.211. The largest absolute Gasteiger partial charge is 0.342 e. The van der Waals surface area contributed by atoms with E-state index in [-0.39, 0.29) is 11.9 Å². The van der Waals surface area contributed by atoms with Crippen molar-refractivity contribution in [3.05, 3.63) is 53.4 Å². The summed E-state index contributed by atoms with van der Waals surface area (Å²) in [5.74, 6) is 0.701. The number of hydrogen-bond donors (Lipinski definition) is 2. The fraction of sp³-hybridized carbons (Fsp3) is 0.429. The van der Waals surface area contributed by atoms with Crippen LogP contribution in [0.15, 0.2) is 30.6 Å². The summed E-state index contributed by atoms with van der Waals surface area (Å²) in [6.45, 7) is 5.91. The van der Waals surface area contributed by atoms with Gasteiger partial charge in [0.25, 0.3) is 5.91 Å². The molecule has 2 heterocycles. The van der Waals surface area contributed by atoms with Crippen molar-refractivity contribution in [1.29, 1.82) is 0 Å². The zero-order valence-electron chi connectivity index (χ0n) is 16.6. The highest BCUT2D eigenvalue weighted by atomic mass is 16.1. The van der Waals surface area contributed by atoms with Gasteiger partial charge in [-0.25, -0.2) is 0 Å². The first-order valence-corrected chi connectivity index (χ1v) is 9.87. The maximum atomic E-state index is 12.9. The molecule has 2 aromatic heterocycles. The number of aromatic amines is 1. The number of H-pyrrole nitrogens is 1. The molecule has 2 N–H and O–H groups in total. The van der Waals surface area contributed by atoms with Gasteiger partial charge < -0.3 is 9.88 Å². The highest BCUT2D eigenvalue weighted by Crippen LogP contribution is 2.31. The molecule has 7 heteroatoms. The molecule has 0 saturated heterocycles. The molecule has 0 unspecified atom stereocenters. The highest BCUT2D eigenvalue weighted by molar-refractivity contribution is 5.95. The summed E-state index contributed by atoms with van der Waals surface area (Å²) in [5.41, 5.74) is 4.57. The quantitative estimate of drug-likeness (QED) is 0.705. The SMILES string of the molecule is Cc1n[nH]c(C)c1-c1cccc(C(=O)N[C@@H](C)c2nncn2C2CCCC2)c1. The zero-order valence-corrected chi connectivity index (χ0v) is 16.6. The molecule has 1 aliphatic carbocycles. The second-order valence-electron chi connectivity index (χ2n) is 7.62. The van der Waals surface area contributed by atoms with Gasteiger partial charge >= 0.3 is 0 Å². The van der Waals surface area contributed by atoms with Crippen LogP contribution in [0.5, 0.6) is 0 Å². The Labute approximate surface area is 164 Å². The second kappa shape index (κ2) is 7.58. The predicted octanol–water partition coefficient (Wildman–Crippen LogP) is 3.89. The van der Waals surface area contributed by atoms with Crippen LogP contribution in [0, 0.1) is 13.8 Å². The van der Waals surface area contributed by atoms with Crippen LogP contribution >= 0.6 is 0 Å². The van der Waals surface area contributed by atoms with Crippen molar-refractivity contribution in [2.45, 2.75) is 58.5 Å². The minimum Gasteiger partial charge on any atom is -0.342 e. The van der Waals surface area contributed by atoms with Gasteiger partial charge in [0.05, 0.1) is 11.7 Å². The van der Waals surface area contributed by atoms with E-state index < -0.39 is 0 Å². The van der Waals surface area contributed by atoms with Crippen LogP contribution in [0.1, 0.15) is 72.3 Å². The Morgan fingerprint density at radius 1 is 1.29 bits per heavy atom. The molecular formula is C21H26N6O. The van der Waals surface area contributed by atoms with Crippen molar-refractivity contribution in [3.63, 3.8) is 0 Å². The molecular weight excluding hydrogens is 352 g/mol. The van der Waals surface area contributed by atoms with E-state index in [1.165, 1.54) is 12.8 Å². The molecule has 1 aromatic carbocycles. The summed E-state index contributed by atoms with van der Waals surface area (Å²) in [6.07, 6.45) is 6.57. The summed E-state index contributed by atoms with van der Waals surface area (Å²) in [5, 5.41) is 18.7. The van der Waals surface area contributed by atoms with Gasteiger partial charge in [-0.1, -0.05) is 25.0 Å². The first-order valence-electron chi connectivity index (χ1n) is 9.87. The van der Waals surface area contributed by atoms with Crippen LogP contribution < -0.4 is 5.32 Å². The summed E-state index contributed by atoms with van der Waals surface area (Å²) in [4.78, 5) is 12.9. The van der Waals surface area contributed by atoms with Crippen molar-refractivity contribution >= 4 is 5.91 Å². The second-order valence-corrected chi connectivity index (χ2v) is 7.62. The number of amides is 1. The highest BCUT2D eigenvalue weighted by Gasteiger charge is 2.24. The standard InChI is InChI=1S/C21H26N6O/c1-13-19(14(2)25-24-13)16-7-6-8-17(11-16)21(28)23-15(3)20-26-22-12-27(20)18-9-4-5-10-18/h6-8,11-12,15,18H,4-5,9-10H2,1-3H3,(H,23,28)(H,24,25)/t15-/m0/s1. The van der Waals surface area contributed by atoms with Crippen molar-refractivity contribution in [1.82, 2.24) is 30.3 Å². The molecule has 0 radical (unpaired) electrons. The van der Waals surface area contributed by atoms with Crippen LogP contribution in [0.4, 0.5) is 0 Å². The van der Waals surface area contributed by atoms with Gasteiger partial charge in [-0.3, -0.25) is 9.89 Å². The van der Waals surface area contributed by atoms with Crippen molar-refractivity contribution in [2.75, 3.05) is 0 Å². The van der Waals surface area contributed by atoms with E-state index in [0.29, 0.717) is 11.6 Å². The lowest BCUT2D eigenvalue weighted by Crippen LogP contribution is -2.29. The number of rotatable bonds is 5. The Hall–Kier alpha value is -2.96. The fourth-order valence-electron chi connectivity index (χ4n) is 4.16. The monoisotopic (exact) mass is 378 g/mol. The van der Waals surface area contributed by atoms with E-state index >= 15 is 0 Å². The number of aryl methyl sites for hydroxylation is 2. The Kier molecular flexibility index (Phi) is 4.98. The van der Waals surface area contributed by atoms with E-state index in [4.69, 9.17) is 0 Å². The Balaban J connectivity index is 1.53. The van der Waals surface area contributed by atoms with Crippen LogP contribution in [-0.2, 0) is 0 Å². The van der Waals surface area contributed by atoms with Crippen molar-refractivity contribution < 1.29 is 4.79 Å². The lowest BCUT2D eigenvalue weighted by atomic mass is 10.0. The first kappa shape index (κ1) is 18.4. The van der Waals surface area contributed by atoms with Gasteiger partial charge in [-0.05, 0) is 51.3 Å². The lowest BCUT2D eigenvalue weighted by Gasteiger charge is -2.19. The molecule has 1 amide bonds. The molecule has 7 nitrogen and oxygen atoms in total. The molecule has 0 bridgehead atoms. The molecule has 28 heavy (non-hydrogen) atoms. The molecule has 1 saturated carbocycles. The number of nitrogens with zero attached hydrogens (tertiary/aromatic N) is 4. The van der Waals surface area contributed by atoms with Gasteiger partial charge in [0.1, 0.15) is 6.33 Å². The Morgan fingerprint density at radius 2 is 2.07 bits per heavy atom. The molecule has 1 aliphatic rings.